The topological polar surface area (TPSA) is 22.8 Å². The normalized spacial score (nSPS) is 12.2. The molecule has 0 fully saturated rings. The Bertz CT molecular complexity index is 3280. The lowest BCUT2D eigenvalue weighted by Gasteiger charge is -2.24. The van der Waals surface area contributed by atoms with E-state index in [1.807, 2.05) is 11.3 Å². The summed E-state index contributed by atoms with van der Waals surface area (Å²) in [6.45, 7) is 9.32. The lowest BCUT2D eigenvalue weighted by Crippen LogP contribution is -2.09. The molecule has 0 saturated carbocycles. The van der Waals surface area contributed by atoms with E-state index in [1.165, 1.54) is 86.4 Å². The van der Waals surface area contributed by atoms with Crippen LogP contribution in [0.2, 0.25) is 0 Å². The lowest BCUT2D eigenvalue weighted by molar-refractivity contribution is 0.812. The van der Waals surface area contributed by atoms with E-state index >= 15 is 0 Å². The summed E-state index contributed by atoms with van der Waals surface area (Å²) in [4.78, 5) is 5.76. The van der Waals surface area contributed by atoms with Gasteiger partial charge in [-0.05, 0) is 88.0 Å². The minimum atomic E-state index is 0.270. The molecule has 0 atom stereocenters. The van der Waals surface area contributed by atoms with Gasteiger partial charge in [0.1, 0.15) is 5.82 Å². The van der Waals surface area contributed by atoms with Gasteiger partial charge in [-0.3, -0.25) is 4.57 Å². The van der Waals surface area contributed by atoms with Gasteiger partial charge in [0.25, 0.3) is 0 Å². The molecule has 3 aromatic heterocycles. The number of hydrogen-bond donors (Lipinski definition) is 0. The molecule has 274 valence electrons. The van der Waals surface area contributed by atoms with Crippen molar-refractivity contribution in [1.29, 1.82) is 0 Å². The fraction of sp³-hybridized carbons (Fsp3) is 0.113. The maximum atomic E-state index is 5.76. The van der Waals surface area contributed by atoms with Crippen LogP contribution in [0.4, 0.5) is 0 Å². The van der Waals surface area contributed by atoms with Crippen LogP contribution in [0.3, 0.4) is 0 Å². The Balaban J connectivity index is 1.29. The number of nitrogens with zero attached hydrogens (tertiary/aromatic N) is 3. The van der Waals surface area contributed by atoms with E-state index in [2.05, 4.69) is 201 Å². The van der Waals surface area contributed by atoms with E-state index < -0.39 is 0 Å². The molecular formula is C53H41N3S. The van der Waals surface area contributed by atoms with E-state index in [-0.39, 0.29) is 11.8 Å². The van der Waals surface area contributed by atoms with Gasteiger partial charge in [0, 0.05) is 37.2 Å². The molecule has 4 heteroatoms. The van der Waals surface area contributed by atoms with Crippen molar-refractivity contribution in [3.05, 3.63) is 175 Å². The Morgan fingerprint density at radius 3 is 1.77 bits per heavy atom. The van der Waals surface area contributed by atoms with Crippen molar-refractivity contribution < 1.29 is 0 Å². The number of aromatic nitrogens is 3. The number of para-hydroxylation sites is 2. The van der Waals surface area contributed by atoms with Crippen molar-refractivity contribution in [1.82, 2.24) is 14.1 Å². The highest BCUT2D eigenvalue weighted by atomic mass is 32.1. The summed E-state index contributed by atoms with van der Waals surface area (Å²) in [6, 6.07) is 60.2. The van der Waals surface area contributed by atoms with E-state index in [9.17, 15) is 0 Å². The minimum absolute atomic E-state index is 0.270. The maximum Gasteiger partial charge on any atom is 0.146 e. The predicted molar refractivity (Wildman–Crippen MR) is 245 cm³/mol. The van der Waals surface area contributed by atoms with Gasteiger partial charge < -0.3 is 4.57 Å². The number of hydrogen-bond acceptors (Lipinski definition) is 2. The fourth-order valence-electron chi connectivity index (χ4n) is 9.19. The van der Waals surface area contributed by atoms with Gasteiger partial charge in [0.2, 0.25) is 0 Å². The molecule has 8 aromatic carbocycles. The van der Waals surface area contributed by atoms with Crippen LogP contribution in [-0.4, -0.2) is 14.1 Å². The third-order valence-electron chi connectivity index (χ3n) is 11.9. The third kappa shape index (κ3) is 5.14. The molecule has 0 saturated heterocycles. The minimum Gasteiger partial charge on any atom is -0.308 e. The monoisotopic (exact) mass is 751 g/mol. The van der Waals surface area contributed by atoms with Gasteiger partial charge in [-0.1, -0.05) is 143 Å². The standard InChI is InChI=1S/C53H41N3S/c1-32(2)42-30-36(34-16-6-5-7-17-34)31-43(33(3)4)51(42)56-46-28-26-35-18-8-9-19-37(35)50(46)54-53(56)41-27-29-47(52-49(41)40-22-12-15-25-48(40)57-52)55-44-23-13-10-20-38(44)39-21-11-14-24-45(39)55/h5-33H,1-4H3. The fourth-order valence-corrected chi connectivity index (χ4v) is 10.4. The molecule has 0 bridgehead atoms. The number of imidazole rings is 1. The van der Waals surface area contributed by atoms with Crippen LogP contribution in [-0.2, 0) is 0 Å². The molecule has 0 unspecified atom stereocenters. The molecule has 0 aliphatic rings. The van der Waals surface area contributed by atoms with Crippen molar-refractivity contribution in [3.63, 3.8) is 0 Å². The molecule has 3 heterocycles. The Hall–Kier alpha value is -6.49. The van der Waals surface area contributed by atoms with Crippen molar-refractivity contribution in [2.45, 2.75) is 39.5 Å². The van der Waals surface area contributed by atoms with Crippen LogP contribution in [0.15, 0.2) is 164 Å². The molecular weight excluding hydrogens is 711 g/mol. The zero-order chi connectivity index (χ0) is 38.4. The lowest BCUT2D eigenvalue weighted by atomic mass is 9.88. The second-order valence-corrected chi connectivity index (χ2v) is 17.0. The van der Waals surface area contributed by atoms with Crippen LogP contribution in [0.5, 0.6) is 0 Å². The maximum absolute atomic E-state index is 5.76. The summed E-state index contributed by atoms with van der Waals surface area (Å²) in [7, 11) is 0. The van der Waals surface area contributed by atoms with Crippen LogP contribution in [0, 0.1) is 0 Å². The quantitative estimate of drug-likeness (QED) is 0.166. The predicted octanol–water partition coefficient (Wildman–Crippen LogP) is 15.2. The van der Waals surface area contributed by atoms with Crippen LogP contribution < -0.4 is 0 Å². The number of rotatable bonds is 6. The second-order valence-electron chi connectivity index (χ2n) is 15.9. The van der Waals surface area contributed by atoms with Crippen LogP contribution >= 0.6 is 11.3 Å². The Morgan fingerprint density at radius 2 is 1.09 bits per heavy atom. The van der Waals surface area contributed by atoms with Gasteiger partial charge in [-0.2, -0.15) is 0 Å². The second kappa shape index (κ2) is 13.0. The van der Waals surface area contributed by atoms with Gasteiger partial charge >= 0.3 is 0 Å². The molecule has 0 N–H and O–H groups in total. The van der Waals surface area contributed by atoms with Gasteiger partial charge in [-0.15, -0.1) is 11.3 Å². The first-order chi connectivity index (χ1) is 28.0. The van der Waals surface area contributed by atoms with Crippen molar-refractivity contribution in [2.75, 3.05) is 0 Å². The smallest absolute Gasteiger partial charge is 0.146 e. The zero-order valence-electron chi connectivity index (χ0n) is 32.5. The highest BCUT2D eigenvalue weighted by Gasteiger charge is 2.27. The Kier molecular flexibility index (Phi) is 7.74. The number of thiophene rings is 1. The highest BCUT2D eigenvalue weighted by Crippen LogP contribution is 2.47. The third-order valence-corrected chi connectivity index (χ3v) is 13.1. The summed E-state index contributed by atoms with van der Waals surface area (Å²) in [5, 5.41) is 7.39. The SMILES string of the molecule is CC(C)c1cc(-c2ccccc2)cc(C(C)C)c1-n1c(-c2ccc(-n3c4ccccc4c4ccccc43)c3sc4ccccc4c23)nc2c3ccccc3ccc21. The Morgan fingerprint density at radius 1 is 0.491 bits per heavy atom. The van der Waals surface area contributed by atoms with Crippen molar-refractivity contribution in [2.24, 2.45) is 0 Å². The average Bonchev–Trinajstić information content (AvgIpc) is 3.94. The Labute approximate surface area is 336 Å². The summed E-state index contributed by atoms with van der Waals surface area (Å²) in [5.41, 5.74) is 13.3. The van der Waals surface area contributed by atoms with Crippen molar-refractivity contribution >= 4 is 75.1 Å². The number of benzene rings is 8. The first kappa shape index (κ1) is 33.8. The molecule has 57 heavy (non-hydrogen) atoms. The molecule has 0 spiro atoms. The zero-order valence-corrected chi connectivity index (χ0v) is 33.3. The molecule has 0 radical (unpaired) electrons. The highest BCUT2D eigenvalue weighted by molar-refractivity contribution is 7.26. The molecule has 0 aliphatic heterocycles. The van der Waals surface area contributed by atoms with Gasteiger partial charge in [0.05, 0.1) is 38.1 Å². The van der Waals surface area contributed by atoms with E-state index in [4.69, 9.17) is 4.98 Å². The van der Waals surface area contributed by atoms with Crippen LogP contribution in [0.25, 0.3) is 97.7 Å². The van der Waals surface area contributed by atoms with Gasteiger partial charge in [0.15, 0.2) is 0 Å². The largest absolute Gasteiger partial charge is 0.308 e. The summed E-state index contributed by atoms with van der Waals surface area (Å²) in [6.07, 6.45) is 0. The average molecular weight is 752 g/mol. The molecule has 3 nitrogen and oxygen atoms in total. The summed E-state index contributed by atoms with van der Waals surface area (Å²) in [5.74, 6) is 1.51. The summed E-state index contributed by atoms with van der Waals surface area (Å²) < 4.78 is 7.52. The van der Waals surface area contributed by atoms with E-state index in [0.29, 0.717) is 0 Å². The van der Waals surface area contributed by atoms with Gasteiger partial charge in [-0.25, -0.2) is 4.98 Å². The molecule has 11 rings (SSSR count). The van der Waals surface area contributed by atoms with E-state index in [1.54, 1.807) is 0 Å². The first-order valence-electron chi connectivity index (χ1n) is 20.0. The number of fused-ring (bicyclic) bond motifs is 9. The molecule has 11 aromatic rings. The summed E-state index contributed by atoms with van der Waals surface area (Å²) >= 11 is 1.88. The first-order valence-corrected chi connectivity index (χ1v) is 20.8. The van der Waals surface area contributed by atoms with E-state index in [0.717, 1.165) is 22.4 Å². The molecule has 0 amide bonds. The van der Waals surface area contributed by atoms with Crippen LogP contribution in [0.1, 0.15) is 50.7 Å². The van der Waals surface area contributed by atoms with Crippen molar-refractivity contribution in [3.8, 4) is 33.9 Å². The molecule has 0 aliphatic carbocycles.